The van der Waals surface area contributed by atoms with Crippen molar-refractivity contribution in [2.24, 2.45) is 0 Å². The topological polar surface area (TPSA) is 6.48 Å². The first-order chi connectivity index (χ1) is 11.1. The van der Waals surface area contributed by atoms with Gasteiger partial charge in [-0.1, -0.05) is 64.1 Å². The Morgan fingerprint density at radius 1 is 0.652 bits per heavy atom. The van der Waals surface area contributed by atoms with Crippen LogP contribution >= 0.6 is 0 Å². The Balaban J connectivity index is 1.87. The number of rotatable bonds is 4. The molecule has 0 N–H and O–H groups in total. The molecule has 1 aliphatic rings. The fourth-order valence-electron chi connectivity index (χ4n) is 3.21. The van der Waals surface area contributed by atoms with Crippen LogP contribution < -0.4 is 9.80 Å². The fourth-order valence-corrected chi connectivity index (χ4v) is 3.21. The van der Waals surface area contributed by atoms with E-state index in [9.17, 15) is 0 Å². The van der Waals surface area contributed by atoms with Crippen molar-refractivity contribution >= 4 is 11.4 Å². The van der Waals surface area contributed by atoms with Gasteiger partial charge in [0.25, 0.3) is 0 Å². The lowest BCUT2D eigenvalue weighted by atomic mass is 10.0. The van der Waals surface area contributed by atoms with Gasteiger partial charge < -0.3 is 9.80 Å². The average molecular weight is 306 g/mol. The van der Waals surface area contributed by atoms with Crippen LogP contribution in [0.3, 0.4) is 0 Å². The predicted molar refractivity (Wildman–Crippen MR) is 100 cm³/mol. The summed E-state index contributed by atoms with van der Waals surface area (Å²) < 4.78 is 0. The Hall–Kier alpha value is -2.22. The van der Waals surface area contributed by atoms with Crippen molar-refractivity contribution in [2.45, 2.75) is 39.5 Å². The first kappa shape index (κ1) is 15.7. The van der Waals surface area contributed by atoms with Crippen molar-refractivity contribution < 1.29 is 0 Å². The van der Waals surface area contributed by atoms with Crippen LogP contribution in [0.2, 0.25) is 0 Å². The second-order valence-electron chi connectivity index (χ2n) is 6.81. The third-order valence-electron chi connectivity index (χ3n) is 4.47. The molecular weight excluding hydrogens is 280 g/mol. The predicted octanol–water partition coefficient (Wildman–Crippen LogP) is 5.69. The first-order valence-corrected chi connectivity index (χ1v) is 8.47. The molecule has 0 bridgehead atoms. The van der Waals surface area contributed by atoms with E-state index in [0.29, 0.717) is 11.8 Å². The van der Waals surface area contributed by atoms with Crippen molar-refractivity contribution in [3.05, 3.63) is 72.1 Å². The van der Waals surface area contributed by atoms with Crippen LogP contribution in [0.25, 0.3) is 0 Å². The van der Waals surface area contributed by atoms with Gasteiger partial charge in [-0.2, -0.15) is 0 Å². The molecule has 0 saturated heterocycles. The van der Waals surface area contributed by atoms with E-state index in [0.717, 1.165) is 6.67 Å². The molecule has 2 aromatic rings. The smallest absolute Gasteiger partial charge is 0.0989 e. The maximum Gasteiger partial charge on any atom is 0.0989 e. The molecule has 3 rings (SSSR count). The molecule has 120 valence electrons. The summed E-state index contributed by atoms with van der Waals surface area (Å²) in [6.07, 6.45) is 4.39. The van der Waals surface area contributed by atoms with Crippen molar-refractivity contribution in [1.82, 2.24) is 0 Å². The van der Waals surface area contributed by atoms with Gasteiger partial charge >= 0.3 is 0 Å². The van der Waals surface area contributed by atoms with Crippen molar-refractivity contribution in [3.63, 3.8) is 0 Å². The number of benzene rings is 2. The number of nitrogens with zero attached hydrogens (tertiary/aromatic N) is 2. The number of hydrogen-bond donors (Lipinski definition) is 0. The molecule has 0 saturated carbocycles. The summed E-state index contributed by atoms with van der Waals surface area (Å²) in [7, 11) is 0. The summed E-state index contributed by atoms with van der Waals surface area (Å²) >= 11 is 0. The Morgan fingerprint density at radius 2 is 1.04 bits per heavy atom. The largest absolute Gasteiger partial charge is 0.328 e. The highest BCUT2D eigenvalue weighted by molar-refractivity contribution is 5.65. The highest BCUT2D eigenvalue weighted by atomic mass is 15.3. The van der Waals surface area contributed by atoms with Gasteiger partial charge in [0.05, 0.1) is 6.67 Å². The Bertz CT molecular complexity index is 641. The minimum Gasteiger partial charge on any atom is -0.328 e. The quantitative estimate of drug-likeness (QED) is 0.716. The lowest BCUT2D eigenvalue weighted by Crippen LogP contribution is -2.26. The molecule has 2 heteroatoms. The van der Waals surface area contributed by atoms with Gasteiger partial charge in [0.15, 0.2) is 0 Å². The zero-order chi connectivity index (χ0) is 16.4. The minimum atomic E-state index is 0.525. The highest BCUT2D eigenvalue weighted by Crippen LogP contribution is 2.33. The molecule has 2 aromatic carbocycles. The van der Waals surface area contributed by atoms with Crippen LogP contribution in [-0.2, 0) is 0 Å². The van der Waals surface area contributed by atoms with Crippen LogP contribution in [0.4, 0.5) is 11.4 Å². The van der Waals surface area contributed by atoms with Crippen molar-refractivity contribution in [2.75, 3.05) is 16.5 Å². The lowest BCUT2D eigenvalue weighted by molar-refractivity contribution is 0.842. The van der Waals surface area contributed by atoms with Gasteiger partial charge in [0.1, 0.15) is 0 Å². The standard InChI is InChI=1S/C21H26N2/c1-16(2)18-9-5-7-11-20(18)22-13-14-23(15-22)21-12-8-6-10-19(21)17(3)4/h5-14,16-17H,15H2,1-4H3. The Morgan fingerprint density at radius 3 is 1.43 bits per heavy atom. The van der Waals surface area contributed by atoms with Gasteiger partial charge in [0.2, 0.25) is 0 Å². The molecule has 0 amide bonds. The molecular formula is C21H26N2. The summed E-state index contributed by atoms with van der Waals surface area (Å²) in [5, 5.41) is 0. The van der Waals surface area contributed by atoms with Crippen molar-refractivity contribution in [1.29, 1.82) is 0 Å². The van der Waals surface area contributed by atoms with E-state index in [1.165, 1.54) is 22.5 Å². The van der Waals surface area contributed by atoms with E-state index >= 15 is 0 Å². The monoisotopic (exact) mass is 306 g/mol. The van der Waals surface area contributed by atoms with Gasteiger partial charge in [-0.05, 0) is 35.1 Å². The summed E-state index contributed by atoms with van der Waals surface area (Å²) in [4.78, 5) is 4.68. The number of para-hydroxylation sites is 2. The molecule has 1 aliphatic heterocycles. The van der Waals surface area contributed by atoms with Gasteiger partial charge in [-0.25, -0.2) is 0 Å². The van der Waals surface area contributed by atoms with E-state index in [1.807, 2.05) is 0 Å². The van der Waals surface area contributed by atoms with Gasteiger partial charge in [0, 0.05) is 23.8 Å². The zero-order valence-corrected chi connectivity index (χ0v) is 14.5. The van der Waals surface area contributed by atoms with Gasteiger partial charge in [-0.15, -0.1) is 0 Å². The minimum absolute atomic E-state index is 0.525. The molecule has 0 radical (unpaired) electrons. The third kappa shape index (κ3) is 3.12. The Kier molecular flexibility index (Phi) is 4.42. The maximum atomic E-state index is 2.34. The van der Waals surface area contributed by atoms with Gasteiger partial charge in [-0.3, -0.25) is 0 Å². The molecule has 0 unspecified atom stereocenters. The molecule has 0 atom stereocenters. The van der Waals surface area contributed by atoms with Crippen LogP contribution in [0.1, 0.15) is 50.7 Å². The number of anilines is 2. The lowest BCUT2D eigenvalue weighted by Gasteiger charge is -2.26. The van der Waals surface area contributed by atoms with Crippen LogP contribution in [0, 0.1) is 0 Å². The van der Waals surface area contributed by atoms with Crippen LogP contribution in [-0.4, -0.2) is 6.67 Å². The molecule has 0 fully saturated rings. The summed E-state index contributed by atoms with van der Waals surface area (Å²) in [6.45, 7) is 9.89. The van der Waals surface area contributed by atoms with Crippen LogP contribution in [0.5, 0.6) is 0 Å². The molecule has 1 heterocycles. The molecule has 23 heavy (non-hydrogen) atoms. The van der Waals surface area contributed by atoms with E-state index in [2.05, 4.69) is 98.4 Å². The van der Waals surface area contributed by atoms with E-state index in [1.54, 1.807) is 0 Å². The highest BCUT2D eigenvalue weighted by Gasteiger charge is 2.20. The zero-order valence-electron chi connectivity index (χ0n) is 14.5. The van der Waals surface area contributed by atoms with E-state index < -0.39 is 0 Å². The maximum absolute atomic E-state index is 2.34. The first-order valence-electron chi connectivity index (χ1n) is 8.47. The van der Waals surface area contributed by atoms with Crippen LogP contribution in [0.15, 0.2) is 60.9 Å². The number of hydrogen-bond acceptors (Lipinski definition) is 2. The summed E-state index contributed by atoms with van der Waals surface area (Å²) in [6, 6.07) is 17.4. The molecule has 2 nitrogen and oxygen atoms in total. The van der Waals surface area contributed by atoms with E-state index in [4.69, 9.17) is 0 Å². The Labute approximate surface area is 140 Å². The van der Waals surface area contributed by atoms with E-state index in [-0.39, 0.29) is 0 Å². The summed E-state index contributed by atoms with van der Waals surface area (Å²) in [5.41, 5.74) is 5.42. The second kappa shape index (κ2) is 6.49. The third-order valence-corrected chi connectivity index (χ3v) is 4.47. The van der Waals surface area contributed by atoms with Crippen molar-refractivity contribution in [3.8, 4) is 0 Å². The SMILES string of the molecule is CC(C)c1ccccc1N1C=CN(c2ccccc2C(C)C)C1. The molecule has 0 spiro atoms. The second-order valence-corrected chi connectivity index (χ2v) is 6.81. The molecule has 0 aromatic heterocycles. The average Bonchev–Trinajstić information content (AvgIpc) is 3.04. The molecule has 0 aliphatic carbocycles. The summed E-state index contributed by atoms with van der Waals surface area (Å²) in [5.74, 6) is 1.05. The normalized spacial score (nSPS) is 14.3. The fraction of sp³-hybridized carbons (Fsp3) is 0.333.